The van der Waals surface area contributed by atoms with E-state index in [1.807, 2.05) is 6.07 Å². The lowest BCUT2D eigenvalue weighted by atomic mass is 10.1. The predicted octanol–water partition coefficient (Wildman–Crippen LogP) is 3.49. The number of nitro groups is 1. The Bertz CT molecular complexity index is 789. The van der Waals surface area contributed by atoms with Gasteiger partial charge in [0, 0.05) is 12.5 Å². The summed E-state index contributed by atoms with van der Waals surface area (Å²) in [5, 5.41) is 13.7. The molecule has 25 heavy (non-hydrogen) atoms. The molecule has 2 aromatic carbocycles. The van der Waals surface area contributed by atoms with Crippen LogP contribution in [-0.4, -0.2) is 25.1 Å². The average Bonchev–Trinajstić information content (AvgIpc) is 2.61. The highest BCUT2D eigenvalue weighted by atomic mass is 16.6. The molecular weight excluding hydrogens is 324 g/mol. The Morgan fingerprint density at radius 2 is 1.84 bits per heavy atom. The molecule has 0 bridgehead atoms. The van der Waals surface area contributed by atoms with E-state index in [-0.39, 0.29) is 23.7 Å². The minimum absolute atomic E-state index is 0.112. The molecule has 0 saturated heterocycles. The molecule has 0 aliphatic heterocycles. The van der Waals surface area contributed by atoms with Gasteiger partial charge in [-0.15, -0.1) is 0 Å². The second-order valence-electron chi connectivity index (χ2n) is 5.52. The number of ether oxygens (including phenoxy) is 2. The largest absolute Gasteiger partial charge is 0.493 e. The van der Waals surface area contributed by atoms with E-state index in [0.717, 1.165) is 11.1 Å². The van der Waals surface area contributed by atoms with Crippen LogP contribution in [0.4, 0.5) is 11.4 Å². The van der Waals surface area contributed by atoms with Gasteiger partial charge in [0.05, 0.1) is 19.1 Å². The maximum absolute atomic E-state index is 12.1. The summed E-state index contributed by atoms with van der Waals surface area (Å²) in [5.41, 5.74) is 1.76. The average molecular weight is 344 g/mol. The summed E-state index contributed by atoms with van der Waals surface area (Å²) in [7, 11) is 3.10. The zero-order valence-corrected chi connectivity index (χ0v) is 14.4. The number of carbonyl (C=O) groups excluding carboxylic acids is 1. The number of carbonyl (C=O) groups is 1. The van der Waals surface area contributed by atoms with Gasteiger partial charge in [-0.2, -0.15) is 0 Å². The lowest BCUT2D eigenvalue weighted by Crippen LogP contribution is -2.13. The predicted molar refractivity (Wildman–Crippen MR) is 94.3 cm³/mol. The van der Waals surface area contributed by atoms with E-state index < -0.39 is 4.92 Å². The summed E-state index contributed by atoms with van der Waals surface area (Å²) >= 11 is 0. The van der Waals surface area contributed by atoms with E-state index in [0.29, 0.717) is 17.9 Å². The number of benzene rings is 2. The Hall–Kier alpha value is -3.09. The van der Waals surface area contributed by atoms with Crippen molar-refractivity contribution in [2.24, 2.45) is 0 Å². The summed E-state index contributed by atoms with van der Waals surface area (Å²) in [4.78, 5) is 22.7. The summed E-state index contributed by atoms with van der Waals surface area (Å²) < 4.78 is 10.4. The molecular formula is C18H20N2O5. The molecule has 132 valence electrons. The molecule has 0 unspecified atom stereocenters. The van der Waals surface area contributed by atoms with Gasteiger partial charge in [-0.1, -0.05) is 12.1 Å². The molecule has 2 rings (SSSR count). The summed E-state index contributed by atoms with van der Waals surface area (Å²) in [5.74, 6) is 0.919. The van der Waals surface area contributed by atoms with E-state index in [1.54, 1.807) is 45.4 Å². The van der Waals surface area contributed by atoms with E-state index in [2.05, 4.69) is 5.32 Å². The van der Waals surface area contributed by atoms with Crippen LogP contribution < -0.4 is 14.8 Å². The van der Waals surface area contributed by atoms with Crippen LogP contribution in [0, 0.1) is 17.0 Å². The number of nitrogens with one attached hydrogen (secondary N) is 1. The number of aryl methyl sites for hydroxylation is 2. The highest BCUT2D eigenvalue weighted by Gasteiger charge is 2.16. The Labute approximate surface area is 145 Å². The van der Waals surface area contributed by atoms with Gasteiger partial charge in [0.2, 0.25) is 5.91 Å². The van der Waals surface area contributed by atoms with Crippen molar-refractivity contribution >= 4 is 17.3 Å². The number of nitrogens with zero attached hydrogens (tertiary/aromatic N) is 1. The lowest BCUT2D eigenvalue weighted by Gasteiger charge is -2.10. The molecule has 2 aromatic rings. The summed E-state index contributed by atoms with van der Waals surface area (Å²) in [6, 6.07) is 10.1. The van der Waals surface area contributed by atoms with Gasteiger partial charge in [0.15, 0.2) is 11.5 Å². The van der Waals surface area contributed by atoms with Gasteiger partial charge in [-0.25, -0.2) is 0 Å². The van der Waals surface area contributed by atoms with E-state index in [9.17, 15) is 14.9 Å². The van der Waals surface area contributed by atoms with Crippen molar-refractivity contribution in [3.05, 3.63) is 57.6 Å². The monoisotopic (exact) mass is 344 g/mol. The molecule has 0 heterocycles. The van der Waals surface area contributed by atoms with Gasteiger partial charge < -0.3 is 14.8 Å². The maximum Gasteiger partial charge on any atom is 0.293 e. The molecule has 0 aromatic heterocycles. The number of methoxy groups -OCH3 is 2. The Morgan fingerprint density at radius 1 is 1.12 bits per heavy atom. The number of amides is 1. The Kier molecular flexibility index (Phi) is 5.94. The quantitative estimate of drug-likeness (QED) is 0.613. The van der Waals surface area contributed by atoms with Crippen LogP contribution in [0.1, 0.15) is 17.5 Å². The number of hydrogen-bond donors (Lipinski definition) is 1. The molecule has 7 heteroatoms. The van der Waals surface area contributed by atoms with Crippen molar-refractivity contribution in [1.82, 2.24) is 0 Å². The van der Waals surface area contributed by atoms with Gasteiger partial charge in [0.25, 0.3) is 5.69 Å². The van der Waals surface area contributed by atoms with Crippen LogP contribution in [0.3, 0.4) is 0 Å². The van der Waals surface area contributed by atoms with Crippen LogP contribution >= 0.6 is 0 Å². The third-order valence-corrected chi connectivity index (χ3v) is 3.71. The second kappa shape index (κ2) is 8.14. The fourth-order valence-corrected chi connectivity index (χ4v) is 2.41. The maximum atomic E-state index is 12.1. The lowest BCUT2D eigenvalue weighted by molar-refractivity contribution is -0.384. The molecule has 1 amide bonds. The molecule has 0 spiro atoms. The number of nitro benzene ring substituents is 1. The molecule has 0 fully saturated rings. The van der Waals surface area contributed by atoms with Crippen molar-refractivity contribution in [2.75, 3.05) is 19.5 Å². The minimum atomic E-state index is -0.503. The first-order chi connectivity index (χ1) is 11.9. The third-order valence-electron chi connectivity index (χ3n) is 3.71. The van der Waals surface area contributed by atoms with Gasteiger partial charge in [0.1, 0.15) is 5.69 Å². The summed E-state index contributed by atoms with van der Waals surface area (Å²) in [6.07, 6.45) is 0.673. The Balaban J connectivity index is 2.03. The topological polar surface area (TPSA) is 90.7 Å². The molecule has 1 N–H and O–H groups in total. The molecule has 0 atom stereocenters. The first-order valence-electron chi connectivity index (χ1n) is 7.70. The zero-order chi connectivity index (χ0) is 18.4. The smallest absolute Gasteiger partial charge is 0.293 e. The van der Waals surface area contributed by atoms with Gasteiger partial charge >= 0.3 is 0 Å². The number of anilines is 1. The van der Waals surface area contributed by atoms with E-state index >= 15 is 0 Å². The van der Waals surface area contributed by atoms with Crippen molar-refractivity contribution in [3.63, 3.8) is 0 Å². The standard InChI is InChI=1S/C18H20N2O5/c1-12-4-7-14(15(10-12)20(22)23)19-18(21)9-6-13-5-8-16(24-2)17(11-13)25-3/h4-5,7-8,10-11H,6,9H2,1-3H3,(H,19,21). The fraction of sp³-hybridized carbons (Fsp3) is 0.278. The van der Waals surface area contributed by atoms with Crippen LogP contribution in [0.2, 0.25) is 0 Å². The van der Waals surface area contributed by atoms with Crippen molar-refractivity contribution in [2.45, 2.75) is 19.8 Å². The molecule has 7 nitrogen and oxygen atoms in total. The SMILES string of the molecule is COc1ccc(CCC(=O)Nc2ccc(C)cc2[N+](=O)[O-])cc1OC. The third kappa shape index (κ3) is 4.69. The van der Waals surface area contributed by atoms with Gasteiger partial charge in [-0.3, -0.25) is 14.9 Å². The molecule has 0 saturated carbocycles. The molecule has 0 aliphatic rings. The van der Waals surface area contributed by atoms with Crippen molar-refractivity contribution in [1.29, 1.82) is 0 Å². The van der Waals surface area contributed by atoms with Crippen LogP contribution in [0.25, 0.3) is 0 Å². The van der Waals surface area contributed by atoms with Crippen molar-refractivity contribution < 1.29 is 19.2 Å². The molecule has 0 radical (unpaired) electrons. The highest BCUT2D eigenvalue weighted by Crippen LogP contribution is 2.28. The second-order valence-corrected chi connectivity index (χ2v) is 5.52. The first kappa shape index (κ1) is 18.3. The zero-order valence-electron chi connectivity index (χ0n) is 14.4. The van der Waals surface area contributed by atoms with E-state index in [4.69, 9.17) is 9.47 Å². The Morgan fingerprint density at radius 3 is 2.48 bits per heavy atom. The summed E-state index contributed by atoms with van der Waals surface area (Å²) in [6.45, 7) is 1.76. The fourth-order valence-electron chi connectivity index (χ4n) is 2.41. The van der Waals surface area contributed by atoms with Gasteiger partial charge in [-0.05, 0) is 42.7 Å². The number of hydrogen-bond acceptors (Lipinski definition) is 5. The van der Waals surface area contributed by atoms with Crippen molar-refractivity contribution in [3.8, 4) is 11.5 Å². The van der Waals surface area contributed by atoms with E-state index in [1.165, 1.54) is 6.07 Å². The number of rotatable bonds is 7. The minimum Gasteiger partial charge on any atom is -0.493 e. The normalized spacial score (nSPS) is 10.2. The highest BCUT2D eigenvalue weighted by molar-refractivity contribution is 5.93. The van der Waals surface area contributed by atoms with Crippen LogP contribution in [0.5, 0.6) is 11.5 Å². The first-order valence-corrected chi connectivity index (χ1v) is 7.70. The van der Waals surface area contributed by atoms with Crippen LogP contribution in [-0.2, 0) is 11.2 Å². The van der Waals surface area contributed by atoms with Crippen LogP contribution in [0.15, 0.2) is 36.4 Å². The molecule has 0 aliphatic carbocycles.